The van der Waals surface area contributed by atoms with Crippen molar-refractivity contribution in [3.05, 3.63) is 57.0 Å². The molecule has 0 unspecified atom stereocenters. The first-order valence-electron chi connectivity index (χ1n) is 7.76. The molecule has 3 rings (SSSR count). The second kappa shape index (κ2) is 8.04. The zero-order chi connectivity index (χ0) is 17.6. The van der Waals surface area contributed by atoms with Crippen LogP contribution in [0.25, 0.3) is 11.3 Å². The van der Waals surface area contributed by atoms with Gasteiger partial charge in [0.15, 0.2) is 0 Å². The summed E-state index contributed by atoms with van der Waals surface area (Å²) in [5.74, 6) is -0.290. The van der Waals surface area contributed by atoms with E-state index in [1.54, 1.807) is 17.4 Å². The number of carbonyl (C=O) groups is 2. The zero-order valence-corrected chi connectivity index (χ0v) is 15.2. The second-order valence-corrected chi connectivity index (χ2v) is 7.37. The Hall–Kier alpha value is -2.51. The lowest BCUT2D eigenvalue weighted by Crippen LogP contribution is -2.27. The SMILES string of the molecule is Cc1nc(-c2cccc(NC(=O)CCNC(=O)c3cccs3)c2)cs1. The smallest absolute Gasteiger partial charge is 0.261 e. The Morgan fingerprint density at radius 1 is 1.16 bits per heavy atom. The third-order valence-corrected chi connectivity index (χ3v) is 5.09. The number of anilines is 1. The Morgan fingerprint density at radius 3 is 2.76 bits per heavy atom. The second-order valence-electron chi connectivity index (χ2n) is 5.36. The van der Waals surface area contributed by atoms with Gasteiger partial charge in [0, 0.05) is 29.6 Å². The molecule has 25 heavy (non-hydrogen) atoms. The zero-order valence-electron chi connectivity index (χ0n) is 13.6. The highest BCUT2D eigenvalue weighted by Gasteiger charge is 2.08. The number of nitrogens with zero attached hydrogens (tertiary/aromatic N) is 1. The average Bonchev–Trinajstić information content (AvgIpc) is 3.26. The standard InChI is InChI=1S/C18H17N3O2S2/c1-12-20-15(11-25-12)13-4-2-5-14(10-13)21-17(22)7-8-19-18(23)16-6-3-9-24-16/h2-6,9-11H,7-8H2,1H3,(H,19,23)(H,21,22). The highest BCUT2D eigenvalue weighted by Crippen LogP contribution is 2.24. The number of amides is 2. The van der Waals surface area contributed by atoms with Gasteiger partial charge in [0.05, 0.1) is 15.6 Å². The molecule has 0 aliphatic heterocycles. The first-order chi connectivity index (χ1) is 12.1. The fourth-order valence-corrected chi connectivity index (χ4v) is 3.52. The highest BCUT2D eigenvalue weighted by atomic mass is 32.1. The number of aromatic nitrogens is 1. The molecule has 0 fully saturated rings. The van der Waals surface area contributed by atoms with Gasteiger partial charge in [-0.3, -0.25) is 9.59 Å². The maximum atomic E-state index is 12.1. The van der Waals surface area contributed by atoms with E-state index in [4.69, 9.17) is 0 Å². The molecule has 0 bridgehead atoms. The van der Waals surface area contributed by atoms with Crippen LogP contribution in [-0.2, 0) is 4.79 Å². The Balaban J connectivity index is 1.52. The lowest BCUT2D eigenvalue weighted by Gasteiger charge is -2.07. The van der Waals surface area contributed by atoms with E-state index in [0.717, 1.165) is 22.0 Å². The van der Waals surface area contributed by atoms with Gasteiger partial charge in [0.1, 0.15) is 0 Å². The number of thiazole rings is 1. The molecular weight excluding hydrogens is 354 g/mol. The number of benzene rings is 1. The summed E-state index contributed by atoms with van der Waals surface area (Å²) in [6.07, 6.45) is 0.219. The van der Waals surface area contributed by atoms with Gasteiger partial charge in [0.2, 0.25) is 5.91 Å². The summed E-state index contributed by atoms with van der Waals surface area (Å²) in [5, 5.41) is 10.4. The fraction of sp³-hybridized carbons (Fsp3) is 0.167. The van der Waals surface area contributed by atoms with Crippen LogP contribution >= 0.6 is 22.7 Å². The Labute approximate surface area is 153 Å². The van der Waals surface area contributed by atoms with Crippen molar-refractivity contribution in [1.82, 2.24) is 10.3 Å². The van der Waals surface area contributed by atoms with Crippen LogP contribution < -0.4 is 10.6 Å². The highest BCUT2D eigenvalue weighted by molar-refractivity contribution is 7.12. The third-order valence-electron chi connectivity index (χ3n) is 3.44. The molecule has 0 spiro atoms. The minimum Gasteiger partial charge on any atom is -0.351 e. The van der Waals surface area contributed by atoms with E-state index in [-0.39, 0.29) is 18.2 Å². The van der Waals surface area contributed by atoms with E-state index in [1.165, 1.54) is 11.3 Å². The average molecular weight is 371 g/mol. The predicted octanol–water partition coefficient (Wildman–Crippen LogP) is 3.94. The van der Waals surface area contributed by atoms with Crippen LogP contribution in [0.3, 0.4) is 0 Å². The van der Waals surface area contributed by atoms with Crippen molar-refractivity contribution in [2.24, 2.45) is 0 Å². The number of hydrogen-bond acceptors (Lipinski definition) is 5. The van der Waals surface area contributed by atoms with Gasteiger partial charge in [-0.15, -0.1) is 22.7 Å². The molecule has 2 amide bonds. The van der Waals surface area contributed by atoms with Crippen LogP contribution in [-0.4, -0.2) is 23.3 Å². The predicted molar refractivity (Wildman–Crippen MR) is 102 cm³/mol. The molecule has 7 heteroatoms. The van der Waals surface area contributed by atoms with Gasteiger partial charge in [-0.25, -0.2) is 4.98 Å². The van der Waals surface area contributed by atoms with E-state index in [2.05, 4.69) is 15.6 Å². The number of thiophene rings is 1. The summed E-state index contributed by atoms with van der Waals surface area (Å²) in [6.45, 7) is 2.26. The third kappa shape index (κ3) is 4.74. The maximum absolute atomic E-state index is 12.1. The van der Waals surface area contributed by atoms with E-state index >= 15 is 0 Å². The Bertz CT molecular complexity index is 872. The first-order valence-corrected chi connectivity index (χ1v) is 9.52. The maximum Gasteiger partial charge on any atom is 0.261 e. The van der Waals surface area contributed by atoms with Crippen molar-refractivity contribution in [2.75, 3.05) is 11.9 Å². The van der Waals surface area contributed by atoms with Gasteiger partial charge < -0.3 is 10.6 Å². The van der Waals surface area contributed by atoms with Crippen LogP contribution in [0.4, 0.5) is 5.69 Å². The molecule has 1 aromatic carbocycles. The lowest BCUT2D eigenvalue weighted by molar-refractivity contribution is -0.116. The molecule has 2 N–H and O–H groups in total. The summed E-state index contributed by atoms with van der Waals surface area (Å²) < 4.78 is 0. The van der Waals surface area contributed by atoms with Gasteiger partial charge in [-0.05, 0) is 30.5 Å². The molecule has 2 aromatic heterocycles. The summed E-state index contributed by atoms with van der Waals surface area (Å²) in [7, 11) is 0. The van der Waals surface area contributed by atoms with Crippen LogP contribution in [0.5, 0.6) is 0 Å². The van der Waals surface area contributed by atoms with E-state index in [1.807, 2.05) is 48.0 Å². The van der Waals surface area contributed by atoms with Crippen molar-refractivity contribution in [2.45, 2.75) is 13.3 Å². The quantitative estimate of drug-likeness (QED) is 0.689. The van der Waals surface area contributed by atoms with Crippen molar-refractivity contribution >= 4 is 40.2 Å². The topological polar surface area (TPSA) is 71.1 Å². The number of nitrogens with one attached hydrogen (secondary N) is 2. The van der Waals surface area contributed by atoms with Gasteiger partial charge in [-0.2, -0.15) is 0 Å². The molecule has 5 nitrogen and oxygen atoms in total. The summed E-state index contributed by atoms with van der Waals surface area (Å²) in [6, 6.07) is 11.2. The molecule has 2 heterocycles. The normalized spacial score (nSPS) is 10.4. The van der Waals surface area contributed by atoms with Crippen LogP contribution in [0, 0.1) is 6.92 Å². The lowest BCUT2D eigenvalue weighted by atomic mass is 10.1. The molecular formula is C18H17N3O2S2. The Kier molecular flexibility index (Phi) is 5.57. The van der Waals surface area contributed by atoms with Gasteiger partial charge >= 0.3 is 0 Å². The van der Waals surface area contributed by atoms with E-state index < -0.39 is 0 Å². The van der Waals surface area contributed by atoms with Crippen LogP contribution in [0.2, 0.25) is 0 Å². The number of carbonyl (C=O) groups excluding carboxylic acids is 2. The van der Waals surface area contributed by atoms with Gasteiger partial charge in [-0.1, -0.05) is 18.2 Å². The first kappa shape index (κ1) is 17.3. The number of hydrogen-bond donors (Lipinski definition) is 2. The molecule has 0 atom stereocenters. The van der Waals surface area contributed by atoms with Crippen molar-refractivity contribution < 1.29 is 9.59 Å². The van der Waals surface area contributed by atoms with E-state index in [0.29, 0.717) is 11.4 Å². The molecule has 0 saturated carbocycles. The summed E-state index contributed by atoms with van der Waals surface area (Å²) in [5.41, 5.74) is 2.59. The van der Waals surface area contributed by atoms with Gasteiger partial charge in [0.25, 0.3) is 5.91 Å². The van der Waals surface area contributed by atoms with Crippen LogP contribution in [0.1, 0.15) is 21.1 Å². The van der Waals surface area contributed by atoms with Crippen molar-refractivity contribution in [3.63, 3.8) is 0 Å². The fourth-order valence-electron chi connectivity index (χ4n) is 2.26. The molecule has 0 aliphatic carbocycles. The number of aryl methyl sites for hydroxylation is 1. The van der Waals surface area contributed by atoms with Crippen molar-refractivity contribution in [3.8, 4) is 11.3 Å². The molecule has 128 valence electrons. The molecule has 0 radical (unpaired) electrons. The molecule has 0 saturated heterocycles. The molecule has 3 aromatic rings. The monoisotopic (exact) mass is 371 g/mol. The number of rotatable bonds is 6. The van der Waals surface area contributed by atoms with E-state index in [9.17, 15) is 9.59 Å². The summed E-state index contributed by atoms with van der Waals surface area (Å²) in [4.78, 5) is 29.0. The van der Waals surface area contributed by atoms with Crippen molar-refractivity contribution in [1.29, 1.82) is 0 Å². The minimum absolute atomic E-state index is 0.141. The Morgan fingerprint density at radius 2 is 2.04 bits per heavy atom. The largest absolute Gasteiger partial charge is 0.351 e. The molecule has 0 aliphatic rings. The minimum atomic E-state index is -0.149. The van der Waals surface area contributed by atoms with Crippen LogP contribution in [0.15, 0.2) is 47.2 Å². The summed E-state index contributed by atoms with van der Waals surface area (Å²) >= 11 is 2.97.